The maximum atomic E-state index is 12.8. The van der Waals surface area contributed by atoms with Crippen molar-refractivity contribution in [2.24, 2.45) is 0 Å². The maximum absolute atomic E-state index is 12.8. The fraction of sp³-hybridized carbons (Fsp3) is 0.0741. The third kappa shape index (κ3) is 3.89. The highest BCUT2D eigenvalue weighted by Gasteiger charge is 2.46. The Kier molecular flexibility index (Phi) is 5.31. The van der Waals surface area contributed by atoms with E-state index in [1.54, 1.807) is 48.5 Å². The van der Waals surface area contributed by atoms with Gasteiger partial charge in [-0.25, -0.2) is 4.79 Å². The van der Waals surface area contributed by atoms with Crippen molar-refractivity contribution >= 4 is 45.6 Å². The summed E-state index contributed by atoms with van der Waals surface area (Å²) in [5.74, 6) is -1.01. The molecule has 0 unspecified atom stereocenters. The molecule has 0 radical (unpaired) electrons. The number of Topliss-reactive ketones (excluding diaryl/α,β-unsaturated/α-hetero) is 1. The number of carbonyl (C=O) groups excluding carboxylic acids is 3. The molecule has 0 spiro atoms. The number of nitrogens with one attached hydrogen (secondary N) is 3. The van der Waals surface area contributed by atoms with Gasteiger partial charge in [0.1, 0.15) is 0 Å². The lowest BCUT2D eigenvalue weighted by Gasteiger charge is -2.20. The lowest BCUT2D eigenvalue weighted by molar-refractivity contribution is -0.133. The SMILES string of the molecule is O=C(Nc1ccc(C(=O)C[C@@]2(O)C(=O)Nc3ccccc32)cc1)Nc1cccc2ccccc12. The maximum Gasteiger partial charge on any atom is 0.323 e. The van der Waals surface area contributed by atoms with Gasteiger partial charge < -0.3 is 21.1 Å². The quantitative estimate of drug-likeness (QED) is 0.324. The molecule has 168 valence electrons. The molecule has 1 aliphatic rings. The normalized spacial score (nSPS) is 16.6. The molecule has 0 bridgehead atoms. The van der Waals surface area contributed by atoms with Crippen LogP contribution >= 0.6 is 0 Å². The number of para-hydroxylation sites is 1. The Hall–Kier alpha value is -4.49. The zero-order valence-electron chi connectivity index (χ0n) is 18.0. The predicted octanol–water partition coefficient (Wildman–Crippen LogP) is 4.90. The molecule has 0 aromatic heterocycles. The first kappa shape index (κ1) is 21.4. The number of anilines is 3. The molecular formula is C27H21N3O4. The van der Waals surface area contributed by atoms with Gasteiger partial charge in [-0.3, -0.25) is 9.59 Å². The topological polar surface area (TPSA) is 108 Å². The summed E-state index contributed by atoms with van der Waals surface area (Å²) in [5, 5.41) is 21.1. The van der Waals surface area contributed by atoms with Crippen LogP contribution in [0.4, 0.5) is 21.9 Å². The Morgan fingerprint density at radius 1 is 0.824 bits per heavy atom. The van der Waals surface area contributed by atoms with E-state index in [0.717, 1.165) is 10.8 Å². The van der Waals surface area contributed by atoms with Gasteiger partial charge in [-0.2, -0.15) is 0 Å². The van der Waals surface area contributed by atoms with E-state index in [-0.39, 0.29) is 12.2 Å². The standard InChI is InChI=1S/C27H21N3O4/c31-24(16-27(34)21-9-3-4-10-23(21)29-25(27)32)18-12-14-19(15-13-18)28-26(33)30-22-11-5-7-17-6-1-2-8-20(17)22/h1-15,34H,16H2,(H,29,32)(H2,28,30,33)/t27-/m0/s1. The van der Waals surface area contributed by atoms with E-state index >= 15 is 0 Å². The van der Waals surface area contributed by atoms with Crippen molar-refractivity contribution in [1.82, 2.24) is 0 Å². The molecule has 5 rings (SSSR count). The average Bonchev–Trinajstić information content (AvgIpc) is 3.09. The minimum Gasteiger partial charge on any atom is -0.375 e. The minimum absolute atomic E-state index is 0.325. The van der Waals surface area contributed by atoms with E-state index in [1.807, 2.05) is 42.5 Å². The lowest BCUT2D eigenvalue weighted by atomic mass is 9.88. The first-order valence-electron chi connectivity index (χ1n) is 10.8. The molecule has 34 heavy (non-hydrogen) atoms. The molecule has 4 N–H and O–H groups in total. The smallest absolute Gasteiger partial charge is 0.323 e. The number of urea groups is 1. The highest BCUT2D eigenvalue weighted by atomic mass is 16.3. The lowest BCUT2D eigenvalue weighted by Crippen LogP contribution is -2.36. The zero-order chi connectivity index (χ0) is 23.7. The Morgan fingerprint density at radius 2 is 1.53 bits per heavy atom. The Balaban J connectivity index is 1.26. The fourth-order valence-electron chi connectivity index (χ4n) is 4.17. The van der Waals surface area contributed by atoms with Crippen LogP contribution in [0.1, 0.15) is 22.3 Å². The molecule has 0 saturated heterocycles. The summed E-state index contributed by atoms with van der Waals surface area (Å²) in [6.07, 6.45) is -0.385. The molecular weight excluding hydrogens is 430 g/mol. The van der Waals surface area contributed by atoms with Crippen LogP contribution in [0.3, 0.4) is 0 Å². The molecule has 4 aromatic rings. The molecule has 1 heterocycles. The average molecular weight is 451 g/mol. The van der Waals surface area contributed by atoms with Crippen molar-refractivity contribution in [3.63, 3.8) is 0 Å². The van der Waals surface area contributed by atoms with E-state index in [9.17, 15) is 19.5 Å². The first-order valence-corrected chi connectivity index (χ1v) is 10.8. The van der Waals surface area contributed by atoms with E-state index in [2.05, 4.69) is 16.0 Å². The van der Waals surface area contributed by atoms with E-state index < -0.39 is 17.5 Å². The molecule has 0 fully saturated rings. The van der Waals surface area contributed by atoms with Gasteiger partial charge in [-0.1, -0.05) is 54.6 Å². The van der Waals surface area contributed by atoms with Crippen LogP contribution in [0, 0.1) is 0 Å². The van der Waals surface area contributed by atoms with Crippen molar-refractivity contribution in [3.05, 3.63) is 102 Å². The summed E-state index contributed by atoms with van der Waals surface area (Å²) < 4.78 is 0. The molecule has 7 heteroatoms. The van der Waals surface area contributed by atoms with Gasteiger partial charge in [-0.05, 0) is 41.8 Å². The van der Waals surface area contributed by atoms with Crippen LogP contribution in [-0.2, 0) is 10.4 Å². The van der Waals surface area contributed by atoms with Gasteiger partial charge in [0.05, 0.1) is 12.1 Å². The second kappa shape index (κ2) is 8.46. The fourth-order valence-corrected chi connectivity index (χ4v) is 4.17. The number of carbonyl (C=O) groups is 3. The number of aliphatic hydroxyl groups is 1. The van der Waals surface area contributed by atoms with Gasteiger partial charge >= 0.3 is 6.03 Å². The third-order valence-corrected chi connectivity index (χ3v) is 5.92. The Bertz CT molecular complexity index is 1430. The second-order valence-corrected chi connectivity index (χ2v) is 8.14. The molecule has 0 saturated carbocycles. The Morgan fingerprint density at radius 3 is 2.35 bits per heavy atom. The van der Waals surface area contributed by atoms with Crippen LogP contribution in [0.5, 0.6) is 0 Å². The van der Waals surface area contributed by atoms with Gasteiger partial charge in [0, 0.05) is 27.9 Å². The van der Waals surface area contributed by atoms with Gasteiger partial charge in [0.25, 0.3) is 5.91 Å². The largest absolute Gasteiger partial charge is 0.375 e. The van der Waals surface area contributed by atoms with Crippen molar-refractivity contribution in [2.75, 3.05) is 16.0 Å². The monoisotopic (exact) mass is 451 g/mol. The number of hydrogen-bond donors (Lipinski definition) is 4. The van der Waals surface area contributed by atoms with Crippen LogP contribution in [0.2, 0.25) is 0 Å². The molecule has 4 aromatic carbocycles. The molecule has 7 nitrogen and oxygen atoms in total. The summed E-state index contributed by atoms with van der Waals surface area (Å²) in [6, 6.07) is 26.1. The van der Waals surface area contributed by atoms with Crippen LogP contribution in [0.15, 0.2) is 91.0 Å². The van der Waals surface area contributed by atoms with Crippen LogP contribution < -0.4 is 16.0 Å². The summed E-state index contributed by atoms with van der Waals surface area (Å²) in [5.41, 5.74) is 0.479. The van der Waals surface area contributed by atoms with Crippen molar-refractivity contribution < 1.29 is 19.5 Å². The van der Waals surface area contributed by atoms with E-state index in [4.69, 9.17) is 0 Å². The Labute approximate surface area is 195 Å². The molecule has 0 aliphatic carbocycles. The molecule has 1 atom stereocenters. The summed E-state index contributed by atoms with van der Waals surface area (Å²) in [4.78, 5) is 37.7. The third-order valence-electron chi connectivity index (χ3n) is 5.92. The summed E-state index contributed by atoms with van der Waals surface area (Å²) in [6.45, 7) is 0. The first-order chi connectivity index (χ1) is 16.4. The number of rotatable bonds is 5. The van der Waals surface area contributed by atoms with Gasteiger partial charge in [-0.15, -0.1) is 0 Å². The molecule has 3 amide bonds. The highest BCUT2D eigenvalue weighted by Crippen LogP contribution is 2.38. The van der Waals surface area contributed by atoms with E-state index in [0.29, 0.717) is 28.2 Å². The number of benzene rings is 4. The van der Waals surface area contributed by atoms with Crippen LogP contribution in [0.25, 0.3) is 10.8 Å². The highest BCUT2D eigenvalue weighted by molar-refractivity contribution is 6.10. The number of ketones is 1. The summed E-state index contributed by atoms with van der Waals surface area (Å²) >= 11 is 0. The number of hydrogen-bond acceptors (Lipinski definition) is 4. The van der Waals surface area contributed by atoms with Crippen molar-refractivity contribution in [3.8, 4) is 0 Å². The van der Waals surface area contributed by atoms with Crippen molar-refractivity contribution in [2.45, 2.75) is 12.0 Å². The number of fused-ring (bicyclic) bond motifs is 2. The van der Waals surface area contributed by atoms with Crippen molar-refractivity contribution in [1.29, 1.82) is 0 Å². The number of amides is 3. The zero-order valence-corrected chi connectivity index (χ0v) is 18.0. The minimum atomic E-state index is -1.91. The predicted molar refractivity (Wildman–Crippen MR) is 131 cm³/mol. The molecule has 1 aliphatic heterocycles. The summed E-state index contributed by atoms with van der Waals surface area (Å²) in [7, 11) is 0. The van der Waals surface area contributed by atoms with Gasteiger partial charge in [0.15, 0.2) is 11.4 Å². The van der Waals surface area contributed by atoms with E-state index in [1.165, 1.54) is 0 Å². The van der Waals surface area contributed by atoms with Gasteiger partial charge in [0.2, 0.25) is 0 Å². The second-order valence-electron chi connectivity index (χ2n) is 8.14. The van der Waals surface area contributed by atoms with Crippen LogP contribution in [-0.4, -0.2) is 22.8 Å².